The standard InChI is InChI=1S/C14H16Cl2N2/c1-10-14(16)13(18(2)17-10)9-8-12(15)11-6-4-3-5-7-11/h3-7,12H,8-9H2,1-2H3. The highest BCUT2D eigenvalue weighted by Gasteiger charge is 2.14. The Morgan fingerprint density at radius 1 is 1.28 bits per heavy atom. The minimum Gasteiger partial charge on any atom is -0.271 e. The van der Waals surface area contributed by atoms with Crippen molar-refractivity contribution in [2.24, 2.45) is 7.05 Å². The van der Waals surface area contributed by atoms with E-state index in [4.69, 9.17) is 23.2 Å². The van der Waals surface area contributed by atoms with Crippen LogP contribution in [0.1, 0.15) is 28.7 Å². The first-order chi connectivity index (χ1) is 8.59. The maximum atomic E-state index is 6.39. The van der Waals surface area contributed by atoms with Gasteiger partial charge in [0.25, 0.3) is 0 Å². The molecule has 2 nitrogen and oxygen atoms in total. The lowest BCUT2D eigenvalue weighted by Gasteiger charge is -2.10. The summed E-state index contributed by atoms with van der Waals surface area (Å²) in [6.45, 7) is 1.92. The second kappa shape index (κ2) is 5.77. The molecule has 0 aliphatic rings. The third kappa shape index (κ3) is 2.88. The summed E-state index contributed by atoms with van der Waals surface area (Å²) in [4.78, 5) is 0. The molecule has 0 amide bonds. The molecule has 0 saturated carbocycles. The Kier molecular flexibility index (Phi) is 4.31. The van der Waals surface area contributed by atoms with E-state index in [0.717, 1.165) is 34.8 Å². The van der Waals surface area contributed by atoms with Gasteiger partial charge in [-0.05, 0) is 25.3 Å². The van der Waals surface area contributed by atoms with E-state index < -0.39 is 0 Å². The zero-order valence-corrected chi connectivity index (χ0v) is 12.0. The van der Waals surface area contributed by atoms with Crippen LogP contribution in [0.2, 0.25) is 5.02 Å². The molecule has 0 aliphatic carbocycles. The van der Waals surface area contributed by atoms with E-state index in [1.807, 2.05) is 49.0 Å². The quantitative estimate of drug-likeness (QED) is 0.765. The van der Waals surface area contributed by atoms with Crippen LogP contribution in [0, 0.1) is 6.92 Å². The van der Waals surface area contributed by atoms with Gasteiger partial charge in [-0.15, -0.1) is 11.6 Å². The minimum absolute atomic E-state index is 0.0115. The third-order valence-electron chi connectivity index (χ3n) is 3.06. The molecule has 0 aliphatic heterocycles. The Morgan fingerprint density at radius 2 is 1.94 bits per heavy atom. The number of hydrogen-bond donors (Lipinski definition) is 0. The van der Waals surface area contributed by atoms with Gasteiger partial charge in [0.1, 0.15) is 0 Å². The minimum atomic E-state index is 0.0115. The molecule has 0 spiro atoms. The fourth-order valence-electron chi connectivity index (χ4n) is 2.04. The molecule has 18 heavy (non-hydrogen) atoms. The zero-order valence-electron chi connectivity index (χ0n) is 10.5. The van der Waals surface area contributed by atoms with Crippen molar-refractivity contribution in [3.8, 4) is 0 Å². The predicted molar refractivity (Wildman–Crippen MR) is 76.3 cm³/mol. The molecule has 1 heterocycles. The Hall–Kier alpha value is -0.990. The van der Waals surface area contributed by atoms with Crippen molar-refractivity contribution in [2.75, 3.05) is 0 Å². The lowest BCUT2D eigenvalue weighted by atomic mass is 10.1. The second-order valence-electron chi connectivity index (χ2n) is 4.39. The Labute approximate surface area is 118 Å². The summed E-state index contributed by atoms with van der Waals surface area (Å²) < 4.78 is 1.84. The number of rotatable bonds is 4. The summed E-state index contributed by atoms with van der Waals surface area (Å²) in [5, 5.41) is 5.07. The van der Waals surface area contributed by atoms with E-state index in [1.165, 1.54) is 0 Å². The van der Waals surface area contributed by atoms with Crippen molar-refractivity contribution >= 4 is 23.2 Å². The molecular weight excluding hydrogens is 267 g/mol. The van der Waals surface area contributed by atoms with Crippen molar-refractivity contribution in [3.63, 3.8) is 0 Å². The number of nitrogens with zero attached hydrogens (tertiary/aromatic N) is 2. The first kappa shape index (κ1) is 13.4. The molecule has 1 unspecified atom stereocenters. The molecule has 4 heteroatoms. The van der Waals surface area contributed by atoms with Crippen LogP contribution in [-0.2, 0) is 13.5 Å². The largest absolute Gasteiger partial charge is 0.271 e. The fourth-order valence-corrected chi connectivity index (χ4v) is 2.55. The highest BCUT2D eigenvalue weighted by molar-refractivity contribution is 6.31. The van der Waals surface area contributed by atoms with Gasteiger partial charge in [-0.1, -0.05) is 41.9 Å². The van der Waals surface area contributed by atoms with Crippen molar-refractivity contribution in [1.82, 2.24) is 9.78 Å². The molecule has 1 atom stereocenters. The van der Waals surface area contributed by atoms with Gasteiger partial charge in [-0.3, -0.25) is 4.68 Å². The third-order valence-corrected chi connectivity index (χ3v) is 4.02. The summed E-state index contributed by atoms with van der Waals surface area (Å²) in [5.74, 6) is 0. The van der Waals surface area contributed by atoms with Gasteiger partial charge in [-0.25, -0.2) is 0 Å². The Bertz CT molecular complexity index is 520. The van der Waals surface area contributed by atoms with Crippen LogP contribution in [-0.4, -0.2) is 9.78 Å². The molecule has 2 aromatic rings. The molecule has 0 radical (unpaired) electrons. The molecule has 0 fully saturated rings. The average molecular weight is 283 g/mol. The van der Waals surface area contributed by atoms with Gasteiger partial charge in [0, 0.05) is 7.05 Å². The maximum absolute atomic E-state index is 6.39. The Morgan fingerprint density at radius 3 is 2.50 bits per heavy atom. The van der Waals surface area contributed by atoms with Crippen LogP contribution < -0.4 is 0 Å². The van der Waals surface area contributed by atoms with Crippen LogP contribution in [0.4, 0.5) is 0 Å². The monoisotopic (exact) mass is 282 g/mol. The number of aromatic nitrogens is 2. The van der Waals surface area contributed by atoms with E-state index in [2.05, 4.69) is 5.10 Å². The van der Waals surface area contributed by atoms with E-state index in [9.17, 15) is 0 Å². The lowest BCUT2D eigenvalue weighted by molar-refractivity contribution is 0.672. The maximum Gasteiger partial charge on any atom is 0.0846 e. The summed E-state index contributed by atoms with van der Waals surface area (Å²) in [5.41, 5.74) is 3.07. The number of hydrogen-bond acceptors (Lipinski definition) is 1. The SMILES string of the molecule is Cc1nn(C)c(CCC(Cl)c2ccccc2)c1Cl. The van der Waals surface area contributed by atoms with Crippen molar-refractivity contribution in [3.05, 3.63) is 52.3 Å². The van der Waals surface area contributed by atoms with Crippen LogP contribution in [0.5, 0.6) is 0 Å². The molecule has 0 bridgehead atoms. The van der Waals surface area contributed by atoms with Gasteiger partial charge in [0.2, 0.25) is 0 Å². The number of halogens is 2. The molecule has 1 aromatic heterocycles. The fraction of sp³-hybridized carbons (Fsp3) is 0.357. The smallest absolute Gasteiger partial charge is 0.0846 e. The number of aryl methyl sites for hydroxylation is 2. The molecule has 1 aromatic carbocycles. The van der Waals surface area contributed by atoms with Gasteiger partial charge < -0.3 is 0 Å². The first-order valence-electron chi connectivity index (χ1n) is 5.96. The highest BCUT2D eigenvalue weighted by Crippen LogP contribution is 2.28. The van der Waals surface area contributed by atoms with Gasteiger partial charge in [-0.2, -0.15) is 5.10 Å². The molecule has 0 saturated heterocycles. The number of benzene rings is 1. The first-order valence-corrected chi connectivity index (χ1v) is 6.78. The zero-order chi connectivity index (χ0) is 13.1. The van der Waals surface area contributed by atoms with Crippen LogP contribution in [0.25, 0.3) is 0 Å². The predicted octanol–water partition coefficient (Wildman–Crippen LogP) is 4.29. The van der Waals surface area contributed by atoms with E-state index >= 15 is 0 Å². The second-order valence-corrected chi connectivity index (χ2v) is 5.29. The van der Waals surface area contributed by atoms with Crippen LogP contribution >= 0.6 is 23.2 Å². The normalized spacial score (nSPS) is 12.7. The van der Waals surface area contributed by atoms with E-state index in [1.54, 1.807) is 0 Å². The Balaban J connectivity index is 2.04. The van der Waals surface area contributed by atoms with Gasteiger partial charge in [0.05, 0.1) is 21.8 Å². The molecule has 96 valence electrons. The van der Waals surface area contributed by atoms with Gasteiger partial charge >= 0.3 is 0 Å². The topological polar surface area (TPSA) is 17.8 Å². The van der Waals surface area contributed by atoms with Crippen molar-refractivity contribution in [2.45, 2.75) is 25.1 Å². The summed E-state index contributed by atoms with van der Waals surface area (Å²) >= 11 is 12.6. The highest BCUT2D eigenvalue weighted by atomic mass is 35.5. The summed E-state index contributed by atoms with van der Waals surface area (Å²) in [6.07, 6.45) is 1.68. The summed E-state index contributed by atoms with van der Waals surface area (Å²) in [7, 11) is 1.92. The molecular formula is C14H16Cl2N2. The average Bonchev–Trinajstić information content (AvgIpc) is 2.62. The van der Waals surface area contributed by atoms with E-state index in [0.29, 0.717) is 0 Å². The van der Waals surface area contributed by atoms with Crippen LogP contribution in [0.3, 0.4) is 0 Å². The van der Waals surface area contributed by atoms with Crippen LogP contribution in [0.15, 0.2) is 30.3 Å². The summed E-state index contributed by atoms with van der Waals surface area (Å²) in [6, 6.07) is 10.1. The van der Waals surface area contributed by atoms with Crippen molar-refractivity contribution < 1.29 is 0 Å². The molecule has 0 N–H and O–H groups in total. The van der Waals surface area contributed by atoms with Gasteiger partial charge in [0.15, 0.2) is 0 Å². The van der Waals surface area contributed by atoms with Crippen molar-refractivity contribution in [1.29, 1.82) is 0 Å². The lowest BCUT2D eigenvalue weighted by Crippen LogP contribution is -2.01. The molecule has 2 rings (SSSR count). The number of alkyl halides is 1. The van der Waals surface area contributed by atoms with E-state index in [-0.39, 0.29) is 5.38 Å².